The first kappa shape index (κ1) is 20.6. The summed E-state index contributed by atoms with van der Waals surface area (Å²) in [6.07, 6.45) is 3.54. The van der Waals surface area contributed by atoms with Gasteiger partial charge >= 0.3 is 6.01 Å². The van der Waals surface area contributed by atoms with Gasteiger partial charge in [-0.05, 0) is 56.3 Å². The normalized spacial score (nSPS) is 14.6. The standard InChI is InChI=1S/C22H18ClF2N5O2/c23-17-3-2-14(31-13-5-7-26-8-6-13)10-15(17)20-16-11-27-22(28-21(16)30-29-20)32-19-4-1-12(24)9-18(19)25/h1-4,9-11,13,26H,5-8H2,(H,27,28,29,30). The molecule has 0 unspecified atom stereocenters. The maximum Gasteiger partial charge on any atom is 0.324 e. The second-order valence-electron chi connectivity index (χ2n) is 7.37. The number of H-pyrrole nitrogens is 1. The number of benzene rings is 2. The number of rotatable bonds is 5. The molecule has 0 atom stereocenters. The molecule has 0 spiro atoms. The third-order valence-corrected chi connectivity index (χ3v) is 5.50. The molecule has 1 saturated heterocycles. The molecule has 2 N–H and O–H groups in total. The summed E-state index contributed by atoms with van der Waals surface area (Å²) in [6.45, 7) is 1.86. The maximum absolute atomic E-state index is 13.9. The molecule has 0 aliphatic carbocycles. The number of aromatic amines is 1. The summed E-state index contributed by atoms with van der Waals surface area (Å²) in [5.74, 6) is -1.03. The molecule has 1 fully saturated rings. The van der Waals surface area contributed by atoms with Crippen molar-refractivity contribution >= 4 is 22.6 Å². The van der Waals surface area contributed by atoms with Crippen molar-refractivity contribution in [3.63, 3.8) is 0 Å². The highest BCUT2D eigenvalue weighted by atomic mass is 35.5. The van der Waals surface area contributed by atoms with Crippen molar-refractivity contribution in [3.05, 3.63) is 59.3 Å². The largest absolute Gasteiger partial charge is 0.490 e. The predicted octanol–water partition coefficient (Wildman–Crippen LogP) is 4.87. The Morgan fingerprint density at radius 1 is 1.06 bits per heavy atom. The van der Waals surface area contributed by atoms with Gasteiger partial charge in [-0.3, -0.25) is 5.10 Å². The van der Waals surface area contributed by atoms with Crippen molar-refractivity contribution in [3.8, 4) is 28.8 Å². The van der Waals surface area contributed by atoms with Gasteiger partial charge in [0.2, 0.25) is 0 Å². The molecule has 1 aliphatic rings. The summed E-state index contributed by atoms with van der Waals surface area (Å²) < 4.78 is 38.4. The molecule has 0 saturated carbocycles. The topological polar surface area (TPSA) is 85.0 Å². The maximum atomic E-state index is 13.9. The van der Waals surface area contributed by atoms with E-state index < -0.39 is 11.6 Å². The Morgan fingerprint density at radius 3 is 2.72 bits per heavy atom. The first-order chi connectivity index (χ1) is 15.6. The van der Waals surface area contributed by atoms with E-state index >= 15 is 0 Å². The van der Waals surface area contributed by atoms with E-state index in [1.807, 2.05) is 12.1 Å². The summed E-state index contributed by atoms with van der Waals surface area (Å²) in [5.41, 5.74) is 1.61. The molecule has 164 valence electrons. The molecule has 0 radical (unpaired) electrons. The first-order valence-electron chi connectivity index (χ1n) is 10.1. The highest BCUT2D eigenvalue weighted by Crippen LogP contribution is 2.35. The molecular formula is C22H18ClF2N5O2. The van der Waals surface area contributed by atoms with E-state index in [0.717, 1.165) is 38.1 Å². The molecule has 10 heteroatoms. The number of hydrogen-bond acceptors (Lipinski definition) is 6. The van der Waals surface area contributed by atoms with Crippen LogP contribution in [0.1, 0.15) is 12.8 Å². The van der Waals surface area contributed by atoms with Crippen LogP contribution in [0.25, 0.3) is 22.3 Å². The van der Waals surface area contributed by atoms with Gasteiger partial charge in [0.1, 0.15) is 23.4 Å². The minimum atomic E-state index is -0.851. The van der Waals surface area contributed by atoms with Crippen LogP contribution in [0.4, 0.5) is 8.78 Å². The lowest BCUT2D eigenvalue weighted by Gasteiger charge is -2.24. The second kappa shape index (κ2) is 8.68. The van der Waals surface area contributed by atoms with Gasteiger partial charge < -0.3 is 14.8 Å². The van der Waals surface area contributed by atoms with E-state index in [4.69, 9.17) is 21.1 Å². The van der Waals surface area contributed by atoms with E-state index in [2.05, 4.69) is 25.5 Å². The van der Waals surface area contributed by atoms with E-state index in [-0.39, 0.29) is 17.9 Å². The number of aromatic nitrogens is 4. The van der Waals surface area contributed by atoms with E-state index in [9.17, 15) is 8.78 Å². The minimum absolute atomic E-state index is 0.104. The molecule has 0 amide bonds. The summed E-state index contributed by atoms with van der Waals surface area (Å²) in [5, 5.41) is 11.6. The third-order valence-electron chi connectivity index (χ3n) is 5.17. The number of ether oxygens (including phenoxy) is 2. The Hall–Kier alpha value is -3.30. The van der Waals surface area contributed by atoms with Crippen LogP contribution in [0.15, 0.2) is 42.6 Å². The lowest BCUT2D eigenvalue weighted by atomic mass is 10.1. The van der Waals surface area contributed by atoms with Gasteiger partial charge in [-0.15, -0.1) is 0 Å². The van der Waals surface area contributed by atoms with Crippen LogP contribution in [0.2, 0.25) is 5.02 Å². The minimum Gasteiger partial charge on any atom is -0.490 e. The third kappa shape index (κ3) is 4.21. The fourth-order valence-electron chi connectivity index (χ4n) is 3.57. The van der Waals surface area contributed by atoms with Gasteiger partial charge in [0.25, 0.3) is 0 Å². The molecule has 0 bridgehead atoms. The van der Waals surface area contributed by atoms with Gasteiger partial charge in [-0.25, -0.2) is 13.8 Å². The Morgan fingerprint density at radius 2 is 1.91 bits per heavy atom. The SMILES string of the molecule is Fc1ccc(Oc2ncc3c(-c4cc(OC5CCNCC5)ccc4Cl)n[nH]c3n2)c(F)c1. The Kier molecular flexibility index (Phi) is 5.59. The van der Waals surface area contributed by atoms with Crippen LogP contribution in [0, 0.1) is 11.6 Å². The van der Waals surface area contributed by atoms with Gasteiger partial charge in [0.15, 0.2) is 17.2 Å². The average Bonchev–Trinajstić information content (AvgIpc) is 3.21. The summed E-state index contributed by atoms with van der Waals surface area (Å²) in [7, 11) is 0. The van der Waals surface area contributed by atoms with Crippen molar-refractivity contribution in [1.29, 1.82) is 0 Å². The summed E-state index contributed by atoms with van der Waals surface area (Å²) in [6, 6.07) is 8.33. The van der Waals surface area contributed by atoms with Gasteiger partial charge in [-0.2, -0.15) is 10.1 Å². The predicted molar refractivity (Wildman–Crippen MR) is 115 cm³/mol. The monoisotopic (exact) mass is 457 g/mol. The number of hydrogen-bond donors (Lipinski definition) is 2. The molecule has 2 aromatic heterocycles. The zero-order valence-electron chi connectivity index (χ0n) is 16.7. The fraction of sp³-hybridized carbons (Fsp3) is 0.227. The molecule has 7 nitrogen and oxygen atoms in total. The molecule has 5 rings (SSSR count). The second-order valence-corrected chi connectivity index (χ2v) is 7.78. The molecule has 4 aromatic rings. The van der Waals surface area contributed by atoms with Gasteiger partial charge in [0.05, 0.1) is 10.4 Å². The van der Waals surface area contributed by atoms with E-state index in [1.54, 1.807) is 6.07 Å². The fourth-order valence-corrected chi connectivity index (χ4v) is 3.78. The Balaban J connectivity index is 1.43. The number of piperidine rings is 1. The number of halogens is 3. The lowest BCUT2D eigenvalue weighted by molar-refractivity contribution is 0.162. The average molecular weight is 458 g/mol. The molecule has 1 aliphatic heterocycles. The van der Waals surface area contributed by atoms with Gasteiger partial charge in [-0.1, -0.05) is 11.6 Å². The van der Waals surface area contributed by atoms with Crippen molar-refractivity contribution in [2.24, 2.45) is 0 Å². The molecule has 2 aromatic carbocycles. The van der Waals surface area contributed by atoms with Gasteiger partial charge in [0, 0.05) is 17.8 Å². The van der Waals surface area contributed by atoms with Crippen LogP contribution in [-0.2, 0) is 0 Å². The van der Waals surface area contributed by atoms with Crippen LogP contribution < -0.4 is 14.8 Å². The van der Waals surface area contributed by atoms with Crippen LogP contribution in [-0.4, -0.2) is 39.4 Å². The van der Waals surface area contributed by atoms with Crippen LogP contribution in [0.3, 0.4) is 0 Å². The summed E-state index contributed by atoms with van der Waals surface area (Å²) >= 11 is 6.44. The number of nitrogens with zero attached hydrogens (tertiary/aromatic N) is 3. The van der Waals surface area contributed by atoms with Crippen LogP contribution in [0.5, 0.6) is 17.5 Å². The van der Waals surface area contributed by atoms with Crippen molar-refractivity contribution < 1.29 is 18.3 Å². The highest BCUT2D eigenvalue weighted by molar-refractivity contribution is 6.33. The molecular weight excluding hydrogens is 440 g/mol. The number of nitrogens with one attached hydrogen (secondary N) is 2. The van der Waals surface area contributed by atoms with Crippen molar-refractivity contribution in [1.82, 2.24) is 25.5 Å². The summed E-state index contributed by atoms with van der Waals surface area (Å²) in [4.78, 5) is 8.37. The van der Waals surface area contributed by atoms with Crippen molar-refractivity contribution in [2.75, 3.05) is 13.1 Å². The van der Waals surface area contributed by atoms with E-state index in [1.165, 1.54) is 12.3 Å². The molecule has 3 heterocycles. The zero-order chi connectivity index (χ0) is 22.1. The highest BCUT2D eigenvalue weighted by Gasteiger charge is 2.18. The van der Waals surface area contributed by atoms with Crippen molar-refractivity contribution in [2.45, 2.75) is 18.9 Å². The Labute approximate surface area is 186 Å². The first-order valence-corrected chi connectivity index (χ1v) is 10.5. The zero-order valence-corrected chi connectivity index (χ0v) is 17.5. The quantitative estimate of drug-likeness (QED) is 0.444. The van der Waals surface area contributed by atoms with Crippen LogP contribution >= 0.6 is 11.6 Å². The van der Waals surface area contributed by atoms with E-state index in [0.29, 0.717) is 33.1 Å². The molecule has 32 heavy (non-hydrogen) atoms. The smallest absolute Gasteiger partial charge is 0.324 e. The Bertz CT molecular complexity index is 1280. The number of fused-ring (bicyclic) bond motifs is 1. The lowest BCUT2D eigenvalue weighted by Crippen LogP contribution is -2.34.